The monoisotopic (exact) mass is 327 g/mol. The van der Waals surface area contributed by atoms with Gasteiger partial charge in [0.25, 0.3) is 0 Å². The summed E-state index contributed by atoms with van der Waals surface area (Å²) in [6.45, 7) is 5.43. The van der Waals surface area contributed by atoms with Gasteiger partial charge in [-0.1, -0.05) is 30.3 Å². The number of guanidine groups is 1. The van der Waals surface area contributed by atoms with Gasteiger partial charge in [0.15, 0.2) is 5.96 Å². The number of aliphatic imine (C=N–C) groups is 1. The van der Waals surface area contributed by atoms with Gasteiger partial charge in [0, 0.05) is 32.0 Å². The molecular formula is C19H29N5. The highest BCUT2D eigenvalue weighted by molar-refractivity contribution is 5.79. The van der Waals surface area contributed by atoms with Gasteiger partial charge in [-0.15, -0.1) is 0 Å². The first-order valence-electron chi connectivity index (χ1n) is 8.55. The van der Waals surface area contributed by atoms with Crippen LogP contribution in [0.15, 0.2) is 59.9 Å². The maximum absolute atomic E-state index is 4.77. The van der Waals surface area contributed by atoms with Crippen LogP contribution < -0.4 is 10.6 Å². The van der Waals surface area contributed by atoms with Crippen LogP contribution in [-0.2, 0) is 6.54 Å². The highest BCUT2D eigenvalue weighted by Crippen LogP contribution is 2.17. The molecule has 0 aliphatic heterocycles. The lowest BCUT2D eigenvalue weighted by atomic mass is 10.1. The van der Waals surface area contributed by atoms with Crippen molar-refractivity contribution in [1.82, 2.24) is 20.1 Å². The third kappa shape index (κ3) is 5.74. The molecule has 0 radical (unpaired) electrons. The Kier molecular flexibility index (Phi) is 7.36. The van der Waals surface area contributed by atoms with Crippen LogP contribution >= 0.6 is 0 Å². The average Bonchev–Trinajstić information content (AvgIpc) is 3.09. The van der Waals surface area contributed by atoms with E-state index >= 15 is 0 Å². The molecular weight excluding hydrogens is 298 g/mol. The van der Waals surface area contributed by atoms with Crippen LogP contribution in [0.3, 0.4) is 0 Å². The summed E-state index contributed by atoms with van der Waals surface area (Å²) in [5, 5.41) is 6.72. The van der Waals surface area contributed by atoms with Crippen LogP contribution in [0.2, 0.25) is 0 Å². The van der Waals surface area contributed by atoms with Gasteiger partial charge in [0.2, 0.25) is 0 Å². The second-order valence-electron chi connectivity index (χ2n) is 5.96. The Morgan fingerprint density at radius 1 is 1.08 bits per heavy atom. The lowest BCUT2D eigenvalue weighted by Crippen LogP contribution is -2.39. The molecule has 2 aromatic rings. The summed E-state index contributed by atoms with van der Waals surface area (Å²) in [5.41, 5.74) is 1.29. The molecule has 1 aromatic carbocycles. The Morgan fingerprint density at radius 2 is 1.79 bits per heavy atom. The molecule has 1 atom stereocenters. The van der Waals surface area contributed by atoms with Gasteiger partial charge in [0.1, 0.15) is 0 Å². The number of hydrogen-bond donors (Lipinski definition) is 2. The van der Waals surface area contributed by atoms with E-state index in [1.807, 2.05) is 18.2 Å². The predicted octanol–water partition coefficient (Wildman–Crippen LogP) is 2.35. The molecule has 0 spiro atoms. The van der Waals surface area contributed by atoms with E-state index in [4.69, 9.17) is 4.99 Å². The third-order valence-corrected chi connectivity index (χ3v) is 3.90. The molecule has 0 aliphatic rings. The minimum atomic E-state index is 0.270. The molecule has 0 bridgehead atoms. The Labute approximate surface area is 145 Å². The maximum Gasteiger partial charge on any atom is 0.191 e. The molecule has 0 saturated heterocycles. The van der Waals surface area contributed by atoms with Crippen LogP contribution in [0.4, 0.5) is 0 Å². The molecule has 2 rings (SSSR count). The smallest absolute Gasteiger partial charge is 0.191 e. The summed E-state index contributed by atoms with van der Waals surface area (Å²) in [6.07, 6.45) is 4.15. The summed E-state index contributed by atoms with van der Waals surface area (Å²) in [6, 6.07) is 14.9. The van der Waals surface area contributed by atoms with Crippen molar-refractivity contribution >= 4 is 5.96 Å². The van der Waals surface area contributed by atoms with E-state index in [0.29, 0.717) is 0 Å². The first-order valence-corrected chi connectivity index (χ1v) is 8.55. The van der Waals surface area contributed by atoms with Gasteiger partial charge in [-0.05, 0) is 38.7 Å². The molecule has 2 N–H and O–H groups in total. The zero-order valence-corrected chi connectivity index (χ0v) is 14.9. The lowest BCUT2D eigenvalue weighted by Gasteiger charge is -2.23. The topological polar surface area (TPSA) is 44.6 Å². The van der Waals surface area contributed by atoms with Crippen molar-refractivity contribution in [1.29, 1.82) is 0 Å². The summed E-state index contributed by atoms with van der Waals surface area (Å²) in [7, 11) is 4.19. The lowest BCUT2D eigenvalue weighted by molar-refractivity contribution is 0.306. The van der Waals surface area contributed by atoms with Crippen molar-refractivity contribution in [3.8, 4) is 0 Å². The molecule has 24 heavy (non-hydrogen) atoms. The van der Waals surface area contributed by atoms with Crippen LogP contribution in [0.25, 0.3) is 0 Å². The largest absolute Gasteiger partial charge is 0.357 e. The number of aromatic nitrogens is 1. The zero-order valence-electron chi connectivity index (χ0n) is 14.9. The maximum atomic E-state index is 4.77. The van der Waals surface area contributed by atoms with Crippen LogP contribution in [0, 0.1) is 0 Å². The fourth-order valence-corrected chi connectivity index (χ4v) is 2.58. The Morgan fingerprint density at radius 3 is 2.42 bits per heavy atom. The molecule has 0 saturated carbocycles. The van der Waals surface area contributed by atoms with Gasteiger partial charge in [-0.3, -0.25) is 4.99 Å². The average molecular weight is 327 g/mol. The van der Waals surface area contributed by atoms with E-state index in [1.54, 1.807) is 0 Å². The first-order chi connectivity index (χ1) is 11.7. The third-order valence-electron chi connectivity index (χ3n) is 3.90. The van der Waals surface area contributed by atoms with E-state index < -0.39 is 0 Å². The number of nitrogens with one attached hydrogen (secondary N) is 2. The zero-order chi connectivity index (χ0) is 17.2. The van der Waals surface area contributed by atoms with Gasteiger partial charge >= 0.3 is 0 Å². The standard InChI is InChI=1S/C19H29N5/c1-4-20-19(21-12-15-24-13-8-9-14-24)22-16-18(23(2)3)17-10-6-5-7-11-17/h5-11,13-14,18H,4,12,15-16H2,1-3H3,(H2,20,21,22). The van der Waals surface area contributed by atoms with Crippen LogP contribution in [0.1, 0.15) is 18.5 Å². The molecule has 1 unspecified atom stereocenters. The summed E-state index contributed by atoms with van der Waals surface area (Å²) in [5.74, 6) is 0.868. The van der Waals surface area contributed by atoms with E-state index in [9.17, 15) is 0 Å². The Bertz CT molecular complexity index is 589. The molecule has 5 heteroatoms. The van der Waals surface area contributed by atoms with Crippen molar-refractivity contribution in [3.63, 3.8) is 0 Å². The number of likely N-dealkylation sites (N-methyl/N-ethyl adjacent to an activating group) is 1. The van der Waals surface area contributed by atoms with E-state index in [2.05, 4.69) is 77.8 Å². The van der Waals surface area contributed by atoms with E-state index in [-0.39, 0.29) is 6.04 Å². The fourth-order valence-electron chi connectivity index (χ4n) is 2.58. The SMILES string of the molecule is CCNC(=NCC(c1ccccc1)N(C)C)NCCn1cccc1. The van der Waals surface area contributed by atoms with Gasteiger partial charge in [-0.2, -0.15) is 0 Å². The van der Waals surface area contributed by atoms with Gasteiger partial charge < -0.3 is 20.1 Å². The van der Waals surface area contributed by atoms with Gasteiger partial charge in [0.05, 0.1) is 12.6 Å². The Balaban J connectivity index is 1.94. The van der Waals surface area contributed by atoms with Crippen LogP contribution in [-0.4, -0.2) is 49.2 Å². The highest BCUT2D eigenvalue weighted by Gasteiger charge is 2.13. The van der Waals surface area contributed by atoms with Crippen molar-refractivity contribution in [2.75, 3.05) is 33.7 Å². The summed E-state index contributed by atoms with van der Waals surface area (Å²) in [4.78, 5) is 6.98. The van der Waals surface area contributed by atoms with Crippen molar-refractivity contribution in [2.45, 2.75) is 19.5 Å². The second kappa shape index (κ2) is 9.78. The summed E-state index contributed by atoms with van der Waals surface area (Å²) < 4.78 is 2.16. The molecule has 5 nitrogen and oxygen atoms in total. The second-order valence-corrected chi connectivity index (χ2v) is 5.96. The highest BCUT2D eigenvalue weighted by atomic mass is 15.2. The molecule has 0 amide bonds. The molecule has 1 heterocycles. The van der Waals surface area contributed by atoms with Crippen LogP contribution in [0.5, 0.6) is 0 Å². The molecule has 1 aromatic heterocycles. The van der Waals surface area contributed by atoms with E-state index in [1.165, 1.54) is 5.56 Å². The van der Waals surface area contributed by atoms with Gasteiger partial charge in [-0.25, -0.2) is 0 Å². The van der Waals surface area contributed by atoms with E-state index in [0.717, 1.165) is 32.1 Å². The predicted molar refractivity (Wildman–Crippen MR) is 101 cm³/mol. The molecule has 130 valence electrons. The minimum Gasteiger partial charge on any atom is -0.357 e. The first kappa shape index (κ1) is 18.1. The fraction of sp³-hybridized carbons (Fsp3) is 0.421. The van der Waals surface area contributed by atoms with Crippen molar-refractivity contribution in [3.05, 3.63) is 60.4 Å². The van der Waals surface area contributed by atoms with Crippen molar-refractivity contribution in [2.24, 2.45) is 4.99 Å². The number of rotatable bonds is 8. The quantitative estimate of drug-likeness (QED) is 0.578. The normalized spacial score (nSPS) is 13.1. The summed E-state index contributed by atoms with van der Waals surface area (Å²) >= 11 is 0. The number of nitrogens with zero attached hydrogens (tertiary/aromatic N) is 3. The van der Waals surface area contributed by atoms with Crippen molar-refractivity contribution < 1.29 is 0 Å². The minimum absolute atomic E-state index is 0.270. The molecule has 0 aliphatic carbocycles. The Hall–Kier alpha value is -2.27. The number of hydrogen-bond acceptors (Lipinski definition) is 2. The molecule has 0 fully saturated rings. The number of benzene rings is 1.